The first-order valence-electron chi connectivity index (χ1n) is 7.81. The first kappa shape index (κ1) is 13.5. The average molecular weight is 272 g/mol. The molecule has 1 saturated heterocycles. The summed E-state index contributed by atoms with van der Waals surface area (Å²) in [6, 6.07) is 6.65. The van der Waals surface area contributed by atoms with Crippen LogP contribution in [0.5, 0.6) is 0 Å². The number of hydrogen-bond donors (Lipinski definition) is 0. The van der Waals surface area contributed by atoms with Gasteiger partial charge in [0, 0.05) is 37.9 Å². The first-order valence-corrected chi connectivity index (χ1v) is 7.81. The Balaban J connectivity index is 1.91. The van der Waals surface area contributed by atoms with Crippen LogP contribution in [0.3, 0.4) is 0 Å². The SMILES string of the molecule is CC(=O)N1CC(C)Cc2cc(N3CCCCC3)ccc21. The average Bonchev–Trinajstić information content (AvgIpc) is 2.46. The van der Waals surface area contributed by atoms with Gasteiger partial charge in [-0.2, -0.15) is 0 Å². The van der Waals surface area contributed by atoms with Crippen LogP contribution in [0.25, 0.3) is 0 Å². The topological polar surface area (TPSA) is 23.6 Å². The summed E-state index contributed by atoms with van der Waals surface area (Å²) in [5.74, 6) is 0.700. The fourth-order valence-electron chi connectivity index (χ4n) is 3.50. The Bertz CT molecular complexity index is 506. The summed E-state index contributed by atoms with van der Waals surface area (Å²) in [5, 5.41) is 0. The number of rotatable bonds is 1. The van der Waals surface area contributed by atoms with Crippen molar-refractivity contribution >= 4 is 17.3 Å². The van der Waals surface area contributed by atoms with E-state index in [1.165, 1.54) is 43.6 Å². The second-order valence-corrected chi connectivity index (χ2v) is 6.30. The lowest BCUT2D eigenvalue weighted by atomic mass is 9.93. The third-order valence-corrected chi connectivity index (χ3v) is 4.52. The Morgan fingerprint density at radius 2 is 1.95 bits per heavy atom. The summed E-state index contributed by atoms with van der Waals surface area (Å²) in [6.45, 7) is 7.09. The fraction of sp³-hybridized carbons (Fsp3) is 0.588. The highest BCUT2D eigenvalue weighted by atomic mass is 16.2. The number of benzene rings is 1. The molecule has 108 valence electrons. The summed E-state index contributed by atoms with van der Waals surface area (Å²) < 4.78 is 0. The van der Waals surface area contributed by atoms with Crippen LogP contribution >= 0.6 is 0 Å². The number of carbonyl (C=O) groups is 1. The van der Waals surface area contributed by atoms with E-state index in [1.807, 2.05) is 4.90 Å². The Hall–Kier alpha value is -1.51. The van der Waals surface area contributed by atoms with Gasteiger partial charge in [0.2, 0.25) is 5.91 Å². The van der Waals surface area contributed by atoms with Gasteiger partial charge in [-0.1, -0.05) is 6.92 Å². The maximum Gasteiger partial charge on any atom is 0.223 e. The van der Waals surface area contributed by atoms with Gasteiger partial charge in [0.1, 0.15) is 0 Å². The van der Waals surface area contributed by atoms with Crippen LogP contribution in [-0.4, -0.2) is 25.5 Å². The molecule has 2 aliphatic heterocycles. The predicted molar refractivity (Wildman–Crippen MR) is 83.4 cm³/mol. The zero-order valence-corrected chi connectivity index (χ0v) is 12.6. The molecule has 20 heavy (non-hydrogen) atoms. The molecule has 0 aromatic heterocycles. The van der Waals surface area contributed by atoms with E-state index in [0.29, 0.717) is 5.92 Å². The Morgan fingerprint density at radius 1 is 1.20 bits per heavy atom. The van der Waals surface area contributed by atoms with Gasteiger partial charge in [-0.3, -0.25) is 4.79 Å². The summed E-state index contributed by atoms with van der Waals surface area (Å²) >= 11 is 0. The van der Waals surface area contributed by atoms with Crippen LogP contribution in [0.1, 0.15) is 38.7 Å². The van der Waals surface area contributed by atoms with Crippen molar-refractivity contribution in [3.63, 3.8) is 0 Å². The zero-order chi connectivity index (χ0) is 14.1. The van der Waals surface area contributed by atoms with Crippen molar-refractivity contribution in [2.45, 2.75) is 39.5 Å². The molecule has 0 radical (unpaired) electrons. The molecular weight excluding hydrogens is 248 g/mol. The van der Waals surface area contributed by atoms with Crippen molar-refractivity contribution in [3.05, 3.63) is 23.8 Å². The minimum absolute atomic E-state index is 0.156. The van der Waals surface area contributed by atoms with Crippen molar-refractivity contribution in [2.24, 2.45) is 5.92 Å². The summed E-state index contributed by atoms with van der Waals surface area (Å²) in [6.07, 6.45) is 5.04. The number of amides is 1. The lowest BCUT2D eigenvalue weighted by Gasteiger charge is -2.35. The second kappa shape index (κ2) is 5.47. The molecule has 3 heteroatoms. The number of fused-ring (bicyclic) bond motifs is 1. The van der Waals surface area contributed by atoms with Gasteiger partial charge in [0.25, 0.3) is 0 Å². The largest absolute Gasteiger partial charge is 0.372 e. The molecule has 3 nitrogen and oxygen atoms in total. The second-order valence-electron chi connectivity index (χ2n) is 6.30. The van der Waals surface area contributed by atoms with Crippen LogP contribution in [0.2, 0.25) is 0 Å². The van der Waals surface area contributed by atoms with Crippen LogP contribution in [0.15, 0.2) is 18.2 Å². The predicted octanol–water partition coefficient (Wildman–Crippen LogP) is 3.22. The quantitative estimate of drug-likeness (QED) is 0.783. The molecule has 0 N–H and O–H groups in total. The van der Waals surface area contributed by atoms with E-state index in [4.69, 9.17) is 0 Å². The van der Waals surface area contributed by atoms with E-state index in [2.05, 4.69) is 30.0 Å². The van der Waals surface area contributed by atoms with Crippen LogP contribution in [0, 0.1) is 5.92 Å². The number of carbonyl (C=O) groups excluding carboxylic acids is 1. The molecule has 1 amide bonds. The first-order chi connectivity index (χ1) is 9.65. The van der Waals surface area contributed by atoms with E-state index in [1.54, 1.807) is 6.92 Å². The van der Waals surface area contributed by atoms with Gasteiger partial charge in [0.15, 0.2) is 0 Å². The highest BCUT2D eigenvalue weighted by molar-refractivity contribution is 5.93. The van der Waals surface area contributed by atoms with Gasteiger partial charge in [-0.05, 0) is 55.4 Å². The smallest absolute Gasteiger partial charge is 0.223 e. The van der Waals surface area contributed by atoms with Crippen molar-refractivity contribution in [2.75, 3.05) is 29.4 Å². The van der Waals surface area contributed by atoms with Crippen LogP contribution in [-0.2, 0) is 11.2 Å². The summed E-state index contributed by atoms with van der Waals surface area (Å²) in [5.41, 5.74) is 3.79. The molecule has 2 heterocycles. The third-order valence-electron chi connectivity index (χ3n) is 4.52. The minimum Gasteiger partial charge on any atom is -0.372 e. The molecule has 1 atom stereocenters. The number of piperidine rings is 1. The molecule has 3 rings (SSSR count). The van der Waals surface area contributed by atoms with Crippen molar-refractivity contribution in [1.82, 2.24) is 0 Å². The van der Waals surface area contributed by atoms with E-state index < -0.39 is 0 Å². The minimum atomic E-state index is 0.156. The molecule has 1 unspecified atom stereocenters. The maximum absolute atomic E-state index is 11.8. The number of hydrogen-bond acceptors (Lipinski definition) is 2. The highest BCUT2D eigenvalue weighted by Gasteiger charge is 2.25. The van der Waals surface area contributed by atoms with Gasteiger partial charge >= 0.3 is 0 Å². The highest BCUT2D eigenvalue weighted by Crippen LogP contribution is 2.33. The van der Waals surface area contributed by atoms with Gasteiger partial charge < -0.3 is 9.80 Å². The lowest BCUT2D eigenvalue weighted by Crippen LogP contribution is -2.38. The molecule has 1 aromatic carbocycles. The standard InChI is InChI=1S/C17H24N2O/c1-13-10-15-11-16(18-8-4-3-5-9-18)6-7-17(15)19(12-13)14(2)20/h6-7,11,13H,3-5,8-10,12H2,1-2H3. The van der Waals surface area contributed by atoms with Gasteiger partial charge in [-0.15, -0.1) is 0 Å². The number of nitrogens with zero attached hydrogens (tertiary/aromatic N) is 2. The monoisotopic (exact) mass is 272 g/mol. The Morgan fingerprint density at radius 3 is 2.65 bits per heavy atom. The molecule has 0 aliphatic carbocycles. The fourth-order valence-corrected chi connectivity index (χ4v) is 3.50. The molecule has 2 aliphatic rings. The third kappa shape index (κ3) is 2.54. The van der Waals surface area contributed by atoms with E-state index in [-0.39, 0.29) is 5.91 Å². The Kier molecular flexibility index (Phi) is 3.68. The maximum atomic E-state index is 11.8. The molecule has 1 fully saturated rings. The van der Waals surface area contributed by atoms with Crippen molar-refractivity contribution < 1.29 is 4.79 Å². The molecule has 0 spiro atoms. The summed E-state index contributed by atoms with van der Waals surface area (Å²) in [4.78, 5) is 16.2. The van der Waals surface area contributed by atoms with E-state index >= 15 is 0 Å². The molecule has 1 aromatic rings. The van der Waals surface area contributed by atoms with Crippen molar-refractivity contribution in [3.8, 4) is 0 Å². The van der Waals surface area contributed by atoms with Crippen LogP contribution < -0.4 is 9.80 Å². The van der Waals surface area contributed by atoms with E-state index in [9.17, 15) is 4.79 Å². The van der Waals surface area contributed by atoms with Crippen LogP contribution in [0.4, 0.5) is 11.4 Å². The molecule has 0 saturated carbocycles. The summed E-state index contributed by atoms with van der Waals surface area (Å²) in [7, 11) is 0. The molecular formula is C17H24N2O. The normalized spacial score (nSPS) is 22.6. The lowest BCUT2D eigenvalue weighted by molar-refractivity contribution is -0.116. The van der Waals surface area contributed by atoms with E-state index in [0.717, 1.165) is 18.7 Å². The Labute approximate surface area is 121 Å². The van der Waals surface area contributed by atoms with Gasteiger partial charge in [0.05, 0.1) is 0 Å². The van der Waals surface area contributed by atoms with Gasteiger partial charge in [-0.25, -0.2) is 0 Å². The van der Waals surface area contributed by atoms with Crippen molar-refractivity contribution in [1.29, 1.82) is 0 Å². The molecule has 0 bridgehead atoms. The zero-order valence-electron chi connectivity index (χ0n) is 12.6. The number of anilines is 2.